The molecule has 0 aliphatic carbocycles. The maximum absolute atomic E-state index is 14.0. The lowest BCUT2D eigenvalue weighted by atomic mass is 10.2. The normalized spacial score (nSPS) is 16.7. The average molecular weight is 509 g/mol. The van der Waals surface area contributed by atoms with E-state index >= 15 is 0 Å². The van der Waals surface area contributed by atoms with E-state index in [4.69, 9.17) is 0 Å². The molecule has 158 valence electrons. The predicted octanol–water partition coefficient (Wildman–Crippen LogP) is 2.63. The van der Waals surface area contributed by atoms with Gasteiger partial charge in [0, 0.05) is 38.1 Å². The Kier molecular flexibility index (Phi) is 10.5. The van der Waals surface area contributed by atoms with Crippen LogP contribution in [0.3, 0.4) is 0 Å². The van der Waals surface area contributed by atoms with Crippen molar-refractivity contribution in [1.82, 2.24) is 16.0 Å². The summed E-state index contributed by atoms with van der Waals surface area (Å²) in [5, 5.41) is 9.26. The average Bonchev–Trinajstić information content (AvgIpc) is 3.02. The zero-order chi connectivity index (χ0) is 19.8. The number of para-hydroxylation sites is 1. The van der Waals surface area contributed by atoms with Gasteiger partial charge in [-0.2, -0.15) is 0 Å². The molecule has 6 nitrogen and oxygen atoms in total. The summed E-state index contributed by atoms with van der Waals surface area (Å²) in [5.74, 6) is -0.526. The van der Waals surface area contributed by atoms with Gasteiger partial charge >= 0.3 is 0 Å². The fourth-order valence-corrected chi connectivity index (χ4v) is 3.05. The molecule has 0 radical (unpaired) electrons. The van der Waals surface area contributed by atoms with Crippen LogP contribution in [-0.4, -0.2) is 50.1 Å². The number of carbonyl (C=O) groups is 1. The van der Waals surface area contributed by atoms with Crippen molar-refractivity contribution in [3.8, 4) is 0 Å². The molecule has 0 saturated carbocycles. The monoisotopic (exact) mass is 509 g/mol. The molecule has 9 heteroatoms. The second kappa shape index (κ2) is 12.0. The van der Waals surface area contributed by atoms with E-state index < -0.39 is 11.6 Å². The molecule has 28 heavy (non-hydrogen) atoms. The number of nitrogens with zero attached hydrogens (tertiary/aromatic N) is 2. The maximum Gasteiger partial charge on any atom is 0.222 e. The highest BCUT2D eigenvalue weighted by atomic mass is 127. The summed E-state index contributed by atoms with van der Waals surface area (Å²) in [6, 6.07) is 4.04. The Morgan fingerprint density at radius 3 is 2.61 bits per heavy atom. The van der Waals surface area contributed by atoms with Crippen molar-refractivity contribution in [2.24, 2.45) is 4.99 Å². The van der Waals surface area contributed by atoms with E-state index in [2.05, 4.69) is 20.9 Å². The fourth-order valence-electron chi connectivity index (χ4n) is 3.05. The Balaban J connectivity index is 0.00000392. The van der Waals surface area contributed by atoms with Crippen molar-refractivity contribution in [1.29, 1.82) is 0 Å². The van der Waals surface area contributed by atoms with Crippen LogP contribution >= 0.6 is 24.0 Å². The highest BCUT2D eigenvalue weighted by Gasteiger charge is 2.27. The first kappa shape index (κ1) is 24.4. The standard InChI is InChI=1S/C19H29F2N5O.HI/c1-4-22-19(23-10-8-17(27)24-13(2)3)25-14-9-11-26(12-14)18-15(20)6-5-7-16(18)21;/h5-7,13-14H,4,8-12H2,1-3H3,(H,24,27)(H2,22,23,25);1H. The first-order valence-corrected chi connectivity index (χ1v) is 9.43. The summed E-state index contributed by atoms with van der Waals surface area (Å²) in [6.07, 6.45) is 1.05. The summed E-state index contributed by atoms with van der Waals surface area (Å²) < 4.78 is 27.9. The third-order valence-corrected chi connectivity index (χ3v) is 4.19. The number of nitrogens with one attached hydrogen (secondary N) is 3. The van der Waals surface area contributed by atoms with Crippen LogP contribution in [0.25, 0.3) is 0 Å². The number of hydrogen-bond donors (Lipinski definition) is 3. The summed E-state index contributed by atoms with van der Waals surface area (Å²) >= 11 is 0. The second-order valence-corrected chi connectivity index (χ2v) is 6.88. The minimum Gasteiger partial charge on any atom is -0.365 e. The van der Waals surface area contributed by atoms with Gasteiger partial charge in [0.25, 0.3) is 0 Å². The molecule has 1 amide bonds. The van der Waals surface area contributed by atoms with Gasteiger partial charge in [0.05, 0.1) is 6.54 Å². The number of rotatable bonds is 7. The van der Waals surface area contributed by atoms with Crippen molar-refractivity contribution in [3.05, 3.63) is 29.8 Å². The van der Waals surface area contributed by atoms with Crippen LogP contribution in [0, 0.1) is 11.6 Å². The molecule has 1 saturated heterocycles. The van der Waals surface area contributed by atoms with Crippen molar-refractivity contribution < 1.29 is 13.6 Å². The topological polar surface area (TPSA) is 68.8 Å². The minimum absolute atomic E-state index is 0. The maximum atomic E-state index is 14.0. The van der Waals surface area contributed by atoms with E-state index in [-0.39, 0.29) is 47.7 Å². The third kappa shape index (κ3) is 7.40. The molecule has 1 aromatic rings. The fraction of sp³-hybridized carbons (Fsp3) is 0.579. The number of carbonyl (C=O) groups excluding carboxylic acids is 1. The molecule has 0 bridgehead atoms. The Hall–Kier alpha value is -1.65. The molecular formula is C19H30F2IN5O. The minimum atomic E-state index is -0.549. The smallest absolute Gasteiger partial charge is 0.222 e. The van der Waals surface area contributed by atoms with Crippen LogP contribution in [0.5, 0.6) is 0 Å². The van der Waals surface area contributed by atoms with Crippen molar-refractivity contribution in [2.75, 3.05) is 31.1 Å². The van der Waals surface area contributed by atoms with E-state index in [9.17, 15) is 13.6 Å². The molecule has 0 spiro atoms. The molecule has 3 N–H and O–H groups in total. The molecular weight excluding hydrogens is 479 g/mol. The Labute approximate surface area is 182 Å². The summed E-state index contributed by atoms with van der Waals surface area (Å²) in [7, 11) is 0. The lowest BCUT2D eigenvalue weighted by Gasteiger charge is -2.21. The number of anilines is 1. The molecule has 1 atom stereocenters. The van der Waals surface area contributed by atoms with Crippen LogP contribution in [-0.2, 0) is 4.79 Å². The second-order valence-electron chi connectivity index (χ2n) is 6.88. The number of amides is 1. The Bertz CT molecular complexity index is 651. The molecule has 1 aromatic carbocycles. The SMILES string of the molecule is CCNC(=NCCC(=O)NC(C)C)NC1CCN(c2c(F)cccc2F)C1.I. The lowest BCUT2D eigenvalue weighted by molar-refractivity contribution is -0.121. The molecule has 1 unspecified atom stereocenters. The molecule has 1 fully saturated rings. The first-order chi connectivity index (χ1) is 12.9. The van der Waals surface area contributed by atoms with Crippen LogP contribution < -0.4 is 20.9 Å². The first-order valence-electron chi connectivity index (χ1n) is 9.43. The molecule has 0 aromatic heterocycles. The molecule has 1 heterocycles. The molecule has 1 aliphatic rings. The Morgan fingerprint density at radius 1 is 1.32 bits per heavy atom. The van der Waals surface area contributed by atoms with Crippen molar-refractivity contribution in [3.63, 3.8) is 0 Å². The van der Waals surface area contributed by atoms with Crippen LogP contribution in [0.4, 0.5) is 14.5 Å². The van der Waals surface area contributed by atoms with Crippen molar-refractivity contribution in [2.45, 2.75) is 45.7 Å². The lowest BCUT2D eigenvalue weighted by Crippen LogP contribution is -2.45. The third-order valence-electron chi connectivity index (χ3n) is 4.19. The Morgan fingerprint density at radius 2 is 2.00 bits per heavy atom. The largest absolute Gasteiger partial charge is 0.365 e. The molecule has 1 aliphatic heterocycles. The quantitative estimate of drug-likeness (QED) is 0.301. The van der Waals surface area contributed by atoms with Gasteiger partial charge in [-0.15, -0.1) is 24.0 Å². The van der Waals surface area contributed by atoms with E-state index in [1.807, 2.05) is 20.8 Å². The number of halogens is 3. The number of benzene rings is 1. The van der Waals surface area contributed by atoms with Gasteiger partial charge in [0.15, 0.2) is 5.96 Å². The predicted molar refractivity (Wildman–Crippen MR) is 119 cm³/mol. The summed E-state index contributed by atoms with van der Waals surface area (Å²) in [4.78, 5) is 17.8. The highest BCUT2D eigenvalue weighted by molar-refractivity contribution is 14.0. The van der Waals surface area contributed by atoms with Gasteiger partial charge in [-0.05, 0) is 39.3 Å². The van der Waals surface area contributed by atoms with Gasteiger partial charge in [0.1, 0.15) is 17.3 Å². The zero-order valence-electron chi connectivity index (χ0n) is 16.6. The van der Waals surface area contributed by atoms with E-state index in [1.54, 1.807) is 4.90 Å². The number of aliphatic imine (C=N–C) groups is 1. The molecule has 2 rings (SSSR count). The van der Waals surface area contributed by atoms with Gasteiger partial charge in [-0.1, -0.05) is 6.07 Å². The van der Waals surface area contributed by atoms with E-state index in [0.29, 0.717) is 38.6 Å². The highest BCUT2D eigenvalue weighted by Crippen LogP contribution is 2.26. The zero-order valence-corrected chi connectivity index (χ0v) is 18.9. The van der Waals surface area contributed by atoms with Gasteiger partial charge in [0.2, 0.25) is 5.91 Å². The van der Waals surface area contributed by atoms with Crippen LogP contribution in [0.15, 0.2) is 23.2 Å². The van der Waals surface area contributed by atoms with Gasteiger partial charge in [-0.3, -0.25) is 9.79 Å². The summed E-state index contributed by atoms with van der Waals surface area (Å²) in [6.45, 7) is 7.88. The van der Waals surface area contributed by atoms with Gasteiger partial charge < -0.3 is 20.9 Å². The van der Waals surface area contributed by atoms with E-state index in [0.717, 1.165) is 6.42 Å². The number of guanidine groups is 1. The van der Waals surface area contributed by atoms with Crippen molar-refractivity contribution >= 4 is 41.5 Å². The van der Waals surface area contributed by atoms with Gasteiger partial charge in [-0.25, -0.2) is 8.78 Å². The van der Waals surface area contributed by atoms with E-state index in [1.165, 1.54) is 18.2 Å². The summed E-state index contributed by atoms with van der Waals surface area (Å²) in [5.41, 5.74) is 0.0223. The number of hydrogen-bond acceptors (Lipinski definition) is 3. The van der Waals surface area contributed by atoms with Crippen LogP contribution in [0.1, 0.15) is 33.6 Å². The van der Waals surface area contributed by atoms with Crippen LogP contribution in [0.2, 0.25) is 0 Å².